The van der Waals surface area contributed by atoms with Crippen LogP contribution in [0.2, 0.25) is 0 Å². The zero-order valence-corrected chi connectivity index (χ0v) is 8.63. The lowest BCUT2D eigenvalue weighted by Crippen LogP contribution is -2.20. The van der Waals surface area contributed by atoms with E-state index in [-0.39, 0.29) is 5.92 Å². The summed E-state index contributed by atoms with van der Waals surface area (Å²) in [6.45, 7) is 8.77. The molecule has 0 amide bonds. The van der Waals surface area contributed by atoms with Gasteiger partial charge in [-0.2, -0.15) is 0 Å². The van der Waals surface area contributed by atoms with Crippen LogP contribution in [0.25, 0.3) is 0 Å². The molecule has 12 heavy (non-hydrogen) atoms. The SMILES string of the molecule is CC1CC(=O)C(C)C(C)C(C)C1. The van der Waals surface area contributed by atoms with E-state index in [9.17, 15) is 4.79 Å². The molecule has 0 aliphatic heterocycles. The van der Waals surface area contributed by atoms with Crippen LogP contribution in [0.1, 0.15) is 40.5 Å². The lowest BCUT2D eigenvalue weighted by molar-refractivity contribution is -0.124. The molecule has 1 aliphatic carbocycles. The van der Waals surface area contributed by atoms with E-state index < -0.39 is 0 Å². The molecule has 1 fully saturated rings. The quantitative estimate of drug-likeness (QED) is 0.508. The molecule has 1 nitrogen and oxygen atoms in total. The Balaban J connectivity index is 2.73. The van der Waals surface area contributed by atoms with Crippen LogP contribution in [0.3, 0.4) is 0 Å². The highest BCUT2D eigenvalue weighted by Crippen LogP contribution is 2.33. The van der Waals surface area contributed by atoms with Crippen LogP contribution >= 0.6 is 0 Å². The minimum Gasteiger partial charge on any atom is -0.299 e. The summed E-state index contributed by atoms with van der Waals surface area (Å²) < 4.78 is 0. The summed E-state index contributed by atoms with van der Waals surface area (Å²) in [7, 11) is 0. The van der Waals surface area contributed by atoms with Crippen LogP contribution in [-0.4, -0.2) is 5.78 Å². The van der Waals surface area contributed by atoms with Crippen LogP contribution in [0.15, 0.2) is 0 Å². The van der Waals surface area contributed by atoms with Crippen molar-refractivity contribution in [1.82, 2.24) is 0 Å². The number of carbonyl (C=O) groups excluding carboxylic acids is 1. The van der Waals surface area contributed by atoms with Gasteiger partial charge in [0.2, 0.25) is 0 Å². The average molecular weight is 168 g/mol. The second-order valence-corrected chi connectivity index (χ2v) is 4.64. The number of hydrogen-bond acceptors (Lipinski definition) is 1. The Kier molecular flexibility index (Phi) is 2.92. The largest absolute Gasteiger partial charge is 0.299 e. The molecule has 0 saturated heterocycles. The maximum Gasteiger partial charge on any atom is 0.136 e. The number of rotatable bonds is 0. The Morgan fingerprint density at radius 1 is 1.17 bits per heavy atom. The van der Waals surface area contributed by atoms with E-state index >= 15 is 0 Å². The van der Waals surface area contributed by atoms with Crippen molar-refractivity contribution in [2.24, 2.45) is 23.7 Å². The van der Waals surface area contributed by atoms with E-state index in [1.54, 1.807) is 0 Å². The van der Waals surface area contributed by atoms with Crippen LogP contribution in [0.5, 0.6) is 0 Å². The van der Waals surface area contributed by atoms with E-state index in [0.717, 1.165) is 6.42 Å². The molecule has 0 aromatic rings. The molecule has 1 rings (SSSR count). The molecule has 0 bridgehead atoms. The maximum absolute atomic E-state index is 11.6. The number of ketones is 1. The number of hydrogen-bond donors (Lipinski definition) is 0. The summed E-state index contributed by atoms with van der Waals surface area (Å²) in [5, 5.41) is 0. The van der Waals surface area contributed by atoms with Crippen molar-refractivity contribution in [2.45, 2.75) is 40.5 Å². The third kappa shape index (κ3) is 1.88. The summed E-state index contributed by atoms with van der Waals surface area (Å²) in [4.78, 5) is 11.6. The zero-order chi connectivity index (χ0) is 9.30. The molecule has 1 heteroatoms. The molecule has 0 heterocycles. The van der Waals surface area contributed by atoms with Crippen molar-refractivity contribution in [1.29, 1.82) is 0 Å². The van der Waals surface area contributed by atoms with E-state index in [1.807, 2.05) is 0 Å². The van der Waals surface area contributed by atoms with Crippen molar-refractivity contribution in [3.63, 3.8) is 0 Å². The van der Waals surface area contributed by atoms with E-state index in [0.29, 0.717) is 23.5 Å². The molecule has 4 atom stereocenters. The van der Waals surface area contributed by atoms with Crippen LogP contribution in [0.4, 0.5) is 0 Å². The molecule has 1 saturated carbocycles. The van der Waals surface area contributed by atoms with Gasteiger partial charge < -0.3 is 0 Å². The fourth-order valence-corrected chi connectivity index (χ4v) is 2.25. The summed E-state index contributed by atoms with van der Waals surface area (Å²) in [6, 6.07) is 0. The highest BCUT2D eigenvalue weighted by molar-refractivity contribution is 5.81. The highest BCUT2D eigenvalue weighted by atomic mass is 16.1. The summed E-state index contributed by atoms with van der Waals surface area (Å²) >= 11 is 0. The smallest absolute Gasteiger partial charge is 0.136 e. The van der Waals surface area contributed by atoms with Crippen LogP contribution in [0, 0.1) is 23.7 Å². The maximum atomic E-state index is 11.6. The van der Waals surface area contributed by atoms with Crippen molar-refractivity contribution in [3.05, 3.63) is 0 Å². The van der Waals surface area contributed by atoms with Gasteiger partial charge in [0, 0.05) is 12.3 Å². The zero-order valence-electron chi connectivity index (χ0n) is 8.63. The molecule has 0 radical (unpaired) electrons. The Labute approximate surface area is 75.5 Å². The Hall–Kier alpha value is -0.330. The van der Waals surface area contributed by atoms with Crippen molar-refractivity contribution >= 4 is 5.78 Å². The van der Waals surface area contributed by atoms with E-state index in [4.69, 9.17) is 0 Å². The predicted molar refractivity (Wildman–Crippen MR) is 50.9 cm³/mol. The van der Waals surface area contributed by atoms with Gasteiger partial charge in [0.25, 0.3) is 0 Å². The minimum absolute atomic E-state index is 0.282. The molecule has 4 unspecified atom stereocenters. The third-order valence-corrected chi connectivity index (χ3v) is 3.52. The predicted octanol–water partition coefficient (Wildman–Crippen LogP) is 2.89. The standard InChI is InChI=1S/C11H20O/c1-7-5-8(2)9(3)10(4)11(12)6-7/h7-10H,5-6H2,1-4H3. The summed E-state index contributed by atoms with van der Waals surface area (Å²) in [5.74, 6) is 2.63. The topological polar surface area (TPSA) is 17.1 Å². The Morgan fingerprint density at radius 2 is 1.75 bits per heavy atom. The first-order valence-electron chi connectivity index (χ1n) is 5.05. The molecule has 0 aromatic carbocycles. The summed E-state index contributed by atoms with van der Waals surface area (Å²) in [5.41, 5.74) is 0. The van der Waals surface area contributed by atoms with Gasteiger partial charge in [0.15, 0.2) is 0 Å². The van der Waals surface area contributed by atoms with Crippen molar-refractivity contribution in [2.75, 3.05) is 0 Å². The van der Waals surface area contributed by atoms with Gasteiger partial charge in [0.1, 0.15) is 5.78 Å². The average Bonchev–Trinajstić information content (AvgIpc) is 2.05. The monoisotopic (exact) mass is 168 g/mol. The fraction of sp³-hybridized carbons (Fsp3) is 0.909. The first kappa shape index (κ1) is 9.76. The molecule has 0 spiro atoms. The molecular formula is C11H20O. The lowest BCUT2D eigenvalue weighted by atomic mass is 9.83. The Morgan fingerprint density at radius 3 is 2.33 bits per heavy atom. The molecule has 70 valence electrons. The van der Waals surface area contributed by atoms with Gasteiger partial charge in [0.05, 0.1) is 0 Å². The van der Waals surface area contributed by atoms with E-state index in [2.05, 4.69) is 27.7 Å². The van der Waals surface area contributed by atoms with Gasteiger partial charge in [-0.1, -0.05) is 27.7 Å². The van der Waals surface area contributed by atoms with Crippen molar-refractivity contribution in [3.8, 4) is 0 Å². The van der Waals surface area contributed by atoms with Gasteiger partial charge in [-0.05, 0) is 24.2 Å². The first-order chi connectivity index (χ1) is 5.52. The molecule has 0 aromatic heterocycles. The normalized spacial score (nSPS) is 44.2. The van der Waals surface area contributed by atoms with Gasteiger partial charge in [-0.3, -0.25) is 4.79 Å². The second kappa shape index (κ2) is 3.59. The Bertz CT molecular complexity index is 174. The van der Waals surface area contributed by atoms with Gasteiger partial charge in [-0.25, -0.2) is 0 Å². The lowest BCUT2D eigenvalue weighted by Gasteiger charge is -2.21. The third-order valence-electron chi connectivity index (χ3n) is 3.52. The van der Waals surface area contributed by atoms with Crippen LogP contribution < -0.4 is 0 Å². The van der Waals surface area contributed by atoms with Gasteiger partial charge in [-0.15, -0.1) is 0 Å². The van der Waals surface area contributed by atoms with Crippen molar-refractivity contribution < 1.29 is 4.79 Å². The summed E-state index contributed by atoms with van der Waals surface area (Å²) in [6.07, 6.45) is 2.02. The minimum atomic E-state index is 0.282. The number of Topliss-reactive ketones (excluding diaryl/α,β-unsaturated/α-hetero) is 1. The fourth-order valence-electron chi connectivity index (χ4n) is 2.25. The highest BCUT2D eigenvalue weighted by Gasteiger charge is 2.30. The molecule has 0 N–H and O–H groups in total. The number of carbonyl (C=O) groups is 1. The molecule has 1 aliphatic rings. The first-order valence-corrected chi connectivity index (χ1v) is 5.05. The molecular weight excluding hydrogens is 148 g/mol. The van der Waals surface area contributed by atoms with E-state index in [1.165, 1.54) is 6.42 Å². The second-order valence-electron chi connectivity index (χ2n) is 4.64. The van der Waals surface area contributed by atoms with Gasteiger partial charge >= 0.3 is 0 Å². The van der Waals surface area contributed by atoms with Crippen LogP contribution in [-0.2, 0) is 4.79 Å².